The van der Waals surface area contributed by atoms with E-state index < -0.39 is 5.82 Å². The Labute approximate surface area is 138 Å². The van der Waals surface area contributed by atoms with Crippen LogP contribution in [0, 0.1) is 12.7 Å². The molecule has 4 nitrogen and oxygen atoms in total. The van der Waals surface area contributed by atoms with Gasteiger partial charge in [0.25, 0.3) is 0 Å². The van der Waals surface area contributed by atoms with Crippen molar-refractivity contribution in [2.45, 2.75) is 20.3 Å². The van der Waals surface area contributed by atoms with E-state index in [9.17, 15) is 9.18 Å². The van der Waals surface area contributed by atoms with Crippen molar-refractivity contribution < 1.29 is 18.3 Å². The molecule has 0 fully saturated rings. The van der Waals surface area contributed by atoms with E-state index in [2.05, 4.69) is 0 Å². The van der Waals surface area contributed by atoms with E-state index in [-0.39, 0.29) is 22.7 Å². The molecule has 0 amide bonds. The molecule has 0 saturated heterocycles. The largest absolute Gasteiger partial charge is 0.496 e. The Kier molecular flexibility index (Phi) is 4.25. The number of hydrogen-bond acceptors (Lipinski definition) is 4. The van der Waals surface area contributed by atoms with Crippen molar-refractivity contribution >= 4 is 11.0 Å². The summed E-state index contributed by atoms with van der Waals surface area (Å²) in [6, 6.07) is 9.34. The fourth-order valence-corrected chi connectivity index (χ4v) is 2.58. The van der Waals surface area contributed by atoms with Gasteiger partial charge < -0.3 is 13.9 Å². The third-order valence-electron chi connectivity index (χ3n) is 3.85. The first-order chi connectivity index (χ1) is 11.5. The number of ether oxygens (including phenoxy) is 2. The van der Waals surface area contributed by atoms with Gasteiger partial charge in [0.2, 0.25) is 11.2 Å². The maximum atomic E-state index is 13.8. The predicted molar refractivity (Wildman–Crippen MR) is 89.6 cm³/mol. The van der Waals surface area contributed by atoms with Gasteiger partial charge in [0.1, 0.15) is 17.1 Å². The highest BCUT2D eigenvalue weighted by molar-refractivity contribution is 5.81. The molecule has 0 bridgehead atoms. The average molecular weight is 328 g/mol. The van der Waals surface area contributed by atoms with Gasteiger partial charge in [-0.25, -0.2) is 4.39 Å². The first kappa shape index (κ1) is 16.1. The molecule has 3 aromatic rings. The maximum absolute atomic E-state index is 13.8. The van der Waals surface area contributed by atoms with Gasteiger partial charge in [0, 0.05) is 6.07 Å². The zero-order valence-electron chi connectivity index (χ0n) is 13.7. The Bertz CT molecular complexity index is 959. The second kappa shape index (κ2) is 6.35. The van der Waals surface area contributed by atoms with Crippen LogP contribution in [0.15, 0.2) is 45.6 Å². The fourth-order valence-electron chi connectivity index (χ4n) is 2.58. The molecule has 3 rings (SSSR count). The molecule has 1 aromatic heterocycles. The molecule has 0 saturated carbocycles. The predicted octanol–water partition coefficient (Wildman–Crippen LogP) is 4.60. The highest BCUT2D eigenvalue weighted by Crippen LogP contribution is 2.30. The number of aryl methyl sites for hydroxylation is 2. The van der Waals surface area contributed by atoms with Gasteiger partial charge in [-0.1, -0.05) is 19.1 Å². The number of halogens is 1. The smallest absolute Gasteiger partial charge is 0.235 e. The van der Waals surface area contributed by atoms with Crippen molar-refractivity contribution in [2.75, 3.05) is 7.11 Å². The van der Waals surface area contributed by atoms with Crippen LogP contribution in [-0.2, 0) is 6.42 Å². The number of rotatable bonds is 4. The van der Waals surface area contributed by atoms with Crippen molar-refractivity contribution in [3.05, 3.63) is 63.8 Å². The van der Waals surface area contributed by atoms with Crippen LogP contribution in [-0.4, -0.2) is 7.11 Å². The molecular weight excluding hydrogens is 311 g/mol. The van der Waals surface area contributed by atoms with Gasteiger partial charge in [-0.15, -0.1) is 0 Å². The van der Waals surface area contributed by atoms with E-state index in [1.807, 2.05) is 6.92 Å². The number of fused-ring (bicyclic) bond motifs is 1. The second-order valence-corrected chi connectivity index (χ2v) is 5.36. The van der Waals surface area contributed by atoms with Crippen LogP contribution in [0.5, 0.6) is 17.2 Å². The van der Waals surface area contributed by atoms with Crippen molar-refractivity contribution in [2.24, 2.45) is 0 Å². The first-order valence-electron chi connectivity index (χ1n) is 7.61. The molecule has 24 heavy (non-hydrogen) atoms. The number of para-hydroxylation sites is 1. The van der Waals surface area contributed by atoms with E-state index in [4.69, 9.17) is 13.9 Å². The Balaban J connectivity index is 2.19. The number of methoxy groups -OCH3 is 1. The fraction of sp³-hybridized carbons (Fsp3) is 0.211. The Morgan fingerprint density at radius 2 is 1.92 bits per heavy atom. The first-order valence-corrected chi connectivity index (χ1v) is 7.61. The summed E-state index contributed by atoms with van der Waals surface area (Å²) in [4.78, 5) is 12.8. The molecule has 1 heterocycles. The van der Waals surface area contributed by atoms with Gasteiger partial charge in [0.05, 0.1) is 12.5 Å². The van der Waals surface area contributed by atoms with Gasteiger partial charge in [-0.3, -0.25) is 4.79 Å². The average Bonchev–Trinajstić information content (AvgIpc) is 2.59. The Morgan fingerprint density at radius 3 is 2.58 bits per heavy atom. The van der Waals surface area contributed by atoms with Crippen LogP contribution in [0.4, 0.5) is 4.39 Å². The van der Waals surface area contributed by atoms with Crippen LogP contribution < -0.4 is 14.9 Å². The highest BCUT2D eigenvalue weighted by Gasteiger charge is 2.17. The number of hydrogen-bond donors (Lipinski definition) is 0. The summed E-state index contributed by atoms with van der Waals surface area (Å²) in [5, 5.41) is 0.379. The standard InChI is InChI=1S/C19H17FO4/c1-4-12-9-13-17(10-16(12)22-3)23-11(2)19(18(13)21)24-15-8-6-5-7-14(15)20/h5-10H,4H2,1-3H3. The van der Waals surface area contributed by atoms with Gasteiger partial charge in [0.15, 0.2) is 11.6 Å². The zero-order valence-corrected chi connectivity index (χ0v) is 13.7. The third-order valence-corrected chi connectivity index (χ3v) is 3.85. The minimum absolute atomic E-state index is 0.0141. The van der Waals surface area contributed by atoms with Crippen molar-refractivity contribution in [1.29, 1.82) is 0 Å². The summed E-state index contributed by atoms with van der Waals surface area (Å²) in [6.45, 7) is 3.58. The Hall–Kier alpha value is -2.82. The molecule has 0 spiro atoms. The lowest BCUT2D eigenvalue weighted by Crippen LogP contribution is -2.08. The van der Waals surface area contributed by atoms with Gasteiger partial charge in [-0.2, -0.15) is 0 Å². The van der Waals surface area contributed by atoms with Crippen molar-refractivity contribution in [3.8, 4) is 17.2 Å². The summed E-state index contributed by atoms with van der Waals surface area (Å²) in [6.07, 6.45) is 0.704. The Morgan fingerprint density at radius 1 is 1.17 bits per heavy atom. The van der Waals surface area contributed by atoms with Crippen LogP contribution in [0.2, 0.25) is 0 Å². The molecule has 0 N–H and O–H groups in total. The molecular formula is C19H17FO4. The molecule has 0 aliphatic carbocycles. The summed E-state index contributed by atoms with van der Waals surface area (Å²) in [7, 11) is 1.57. The molecule has 0 aliphatic rings. The summed E-state index contributed by atoms with van der Waals surface area (Å²) in [5.74, 6) is 0.369. The van der Waals surface area contributed by atoms with Gasteiger partial charge >= 0.3 is 0 Å². The maximum Gasteiger partial charge on any atom is 0.235 e. The van der Waals surface area contributed by atoms with E-state index in [1.165, 1.54) is 12.1 Å². The molecule has 5 heteroatoms. The molecule has 2 aromatic carbocycles. The van der Waals surface area contributed by atoms with E-state index in [1.54, 1.807) is 38.3 Å². The monoisotopic (exact) mass is 328 g/mol. The quantitative estimate of drug-likeness (QED) is 0.702. The second-order valence-electron chi connectivity index (χ2n) is 5.36. The van der Waals surface area contributed by atoms with Crippen molar-refractivity contribution in [1.82, 2.24) is 0 Å². The van der Waals surface area contributed by atoms with Crippen LogP contribution in [0.25, 0.3) is 11.0 Å². The molecule has 124 valence electrons. The molecule has 0 unspecified atom stereocenters. The topological polar surface area (TPSA) is 48.7 Å². The minimum atomic E-state index is -0.541. The van der Waals surface area contributed by atoms with Crippen molar-refractivity contribution in [3.63, 3.8) is 0 Å². The lowest BCUT2D eigenvalue weighted by atomic mass is 10.1. The van der Waals surface area contributed by atoms with E-state index >= 15 is 0 Å². The normalized spacial score (nSPS) is 10.8. The molecule has 0 radical (unpaired) electrons. The molecule has 0 aliphatic heterocycles. The third kappa shape index (κ3) is 2.73. The lowest BCUT2D eigenvalue weighted by molar-refractivity contribution is 0.404. The zero-order chi connectivity index (χ0) is 17.3. The van der Waals surface area contributed by atoms with Crippen LogP contribution in [0.1, 0.15) is 18.2 Å². The summed E-state index contributed by atoms with van der Waals surface area (Å²) in [5.41, 5.74) is 0.958. The van der Waals surface area contributed by atoms with Crippen LogP contribution in [0.3, 0.4) is 0 Å². The molecule has 0 atom stereocenters. The van der Waals surface area contributed by atoms with Crippen LogP contribution >= 0.6 is 0 Å². The summed E-state index contributed by atoms with van der Waals surface area (Å²) >= 11 is 0. The number of benzene rings is 2. The minimum Gasteiger partial charge on any atom is -0.496 e. The van der Waals surface area contributed by atoms with Gasteiger partial charge in [-0.05, 0) is 37.1 Å². The lowest BCUT2D eigenvalue weighted by Gasteiger charge is -2.12. The van der Waals surface area contributed by atoms with E-state index in [0.717, 1.165) is 5.56 Å². The van der Waals surface area contributed by atoms with E-state index in [0.29, 0.717) is 23.1 Å². The summed E-state index contributed by atoms with van der Waals surface area (Å²) < 4.78 is 30.3. The highest BCUT2D eigenvalue weighted by atomic mass is 19.1. The SMILES string of the molecule is CCc1cc2c(=O)c(Oc3ccccc3F)c(C)oc2cc1OC.